The summed E-state index contributed by atoms with van der Waals surface area (Å²) in [7, 11) is 0. The Morgan fingerprint density at radius 1 is 1.33 bits per heavy atom. The molecule has 1 unspecified atom stereocenters. The first kappa shape index (κ1) is 14.2. The molecule has 0 radical (unpaired) electrons. The lowest BCUT2D eigenvalue weighted by molar-refractivity contribution is -0.124. The van der Waals surface area contributed by atoms with E-state index in [9.17, 15) is 4.79 Å². The molecule has 0 spiro atoms. The normalized spacial score (nSPS) is 24.1. The van der Waals surface area contributed by atoms with Crippen LogP contribution in [0.2, 0.25) is 0 Å². The molecule has 1 amide bonds. The number of carbonyl (C=O) groups excluding carboxylic acids is 1. The summed E-state index contributed by atoms with van der Waals surface area (Å²) in [6, 6.07) is 0.530. The predicted molar refractivity (Wildman–Crippen MR) is 77.7 cm³/mol. The maximum Gasteiger partial charge on any atom is 0.237 e. The number of thioether (sulfide) groups is 1. The van der Waals surface area contributed by atoms with Gasteiger partial charge in [0.05, 0.1) is 5.54 Å². The van der Waals surface area contributed by atoms with Crippen molar-refractivity contribution in [2.45, 2.75) is 63.5 Å². The molecule has 0 aliphatic heterocycles. The predicted octanol–water partition coefficient (Wildman–Crippen LogP) is 2.30. The highest BCUT2D eigenvalue weighted by Gasteiger charge is 2.36. The van der Waals surface area contributed by atoms with E-state index in [1.807, 2.05) is 18.7 Å². The van der Waals surface area contributed by atoms with E-state index in [-0.39, 0.29) is 5.91 Å². The zero-order valence-corrected chi connectivity index (χ0v) is 12.2. The highest BCUT2D eigenvalue weighted by molar-refractivity contribution is 7.99. The molecule has 3 nitrogen and oxygen atoms in total. The number of amides is 1. The maximum atomic E-state index is 11.6. The van der Waals surface area contributed by atoms with Gasteiger partial charge in [-0.15, -0.1) is 0 Å². The zero-order valence-electron chi connectivity index (χ0n) is 11.4. The van der Waals surface area contributed by atoms with Crippen LogP contribution in [0.1, 0.15) is 51.9 Å². The Morgan fingerprint density at radius 3 is 2.56 bits per heavy atom. The second kappa shape index (κ2) is 6.29. The highest BCUT2D eigenvalue weighted by Crippen LogP contribution is 2.29. The minimum absolute atomic E-state index is 0.198. The third-order valence-electron chi connectivity index (χ3n) is 4.22. The van der Waals surface area contributed by atoms with Gasteiger partial charge in [-0.1, -0.05) is 12.8 Å². The first-order valence-electron chi connectivity index (χ1n) is 7.25. The number of nitrogens with two attached hydrogens (primary N) is 1. The van der Waals surface area contributed by atoms with Crippen molar-refractivity contribution in [1.82, 2.24) is 5.32 Å². The largest absolute Gasteiger partial charge is 0.368 e. The summed E-state index contributed by atoms with van der Waals surface area (Å²) in [5.74, 6) is 3.02. The topological polar surface area (TPSA) is 55.1 Å². The Bertz CT molecular complexity index is 288. The van der Waals surface area contributed by atoms with Crippen LogP contribution >= 0.6 is 11.8 Å². The minimum Gasteiger partial charge on any atom is -0.368 e. The van der Waals surface area contributed by atoms with Gasteiger partial charge in [-0.05, 0) is 56.5 Å². The molecule has 2 saturated carbocycles. The molecule has 0 aromatic heterocycles. The van der Waals surface area contributed by atoms with Crippen molar-refractivity contribution in [3.05, 3.63) is 0 Å². The molecule has 2 fully saturated rings. The molecule has 18 heavy (non-hydrogen) atoms. The number of carbonyl (C=O) groups is 1. The van der Waals surface area contributed by atoms with E-state index < -0.39 is 5.54 Å². The summed E-state index contributed by atoms with van der Waals surface area (Å²) < 4.78 is 0. The Kier molecular flexibility index (Phi) is 4.96. The van der Waals surface area contributed by atoms with Crippen LogP contribution in [-0.4, -0.2) is 29.0 Å². The number of hydrogen-bond acceptors (Lipinski definition) is 3. The standard InChI is InChI=1S/C14H26N2OS/c1-14(13(15)17,16-12-6-7-12)8-9-18-10-11-4-2-3-5-11/h11-12,16H,2-10H2,1H3,(H2,15,17). The second-order valence-corrected chi connectivity index (χ2v) is 7.24. The van der Waals surface area contributed by atoms with Crippen LogP contribution < -0.4 is 11.1 Å². The van der Waals surface area contributed by atoms with Crippen LogP contribution in [0.5, 0.6) is 0 Å². The summed E-state index contributed by atoms with van der Waals surface area (Å²) in [4.78, 5) is 11.6. The molecule has 2 aliphatic rings. The molecule has 104 valence electrons. The molecular formula is C14H26N2OS. The van der Waals surface area contributed by atoms with Gasteiger partial charge in [-0.25, -0.2) is 0 Å². The van der Waals surface area contributed by atoms with E-state index in [2.05, 4.69) is 5.32 Å². The van der Waals surface area contributed by atoms with Gasteiger partial charge in [-0.3, -0.25) is 4.79 Å². The van der Waals surface area contributed by atoms with E-state index in [1.165, 1.54) is 44.3 Å². The van der Waals surface area contributed by atoms with Gasteiger partial charge < -0.3 is 11.1 Å². The van der Waals surface area contributed by atoms with Crippen molar-refractivity contribution in [3.63, 3.8) is 0 Å². The lowest BCUT2D eigenvalue weighted by Crippen LogP contribution is -2.54. The first-order chi connectivity index (χ1) is 8.60. The SMILES string of the molecule is CC(CCSCC1CCCC1)(NC1CC1)C(N)=O. The Labute approximate surface area is 115 Å². The summed E-state index contributed by atoms with van der Waals surface area (Å²) >= 11 is 1.99. The smallest absolute Gasteiger partial charge is 0.237 e. The maximum absolute atomic E-state index is 11.6. The van der Waals surface area contributed by atoms with Gasteiger partial charge in [0.15, 0.2) is 0 Å². The molecule has 0 bridgehead atoms. The van der Waals surface area contributed by atoms with Gasteiger partial charge in [0.1, 0.15) is 0 Å². The lowest BCUT2D eigenvalue weighted by atomic mass is 9.98. The fourth-order valence-electron chi connectivity index (χ4n) is 2.65. The number of nitrogens with one attached hydrogen (secondary N) is 1. The average Bonchev–Trinajstić information content (AvgIpc) is 2.97. The number of primary amides is 1. The van der Waals surface area contributed by atoms with Crippen LogP contribution in [0.25, 0.3) is 0 Å². The Balaban J connectivity index is 1.66. The van der Waals surface area contributed by atoms with Crippen molar-refractivity contribution in [2.75, 3.05) is 11.5 Å². The molecule has 4 heteroatoms. The number of hydrogen-bond donors (Lipinski definition) is 2. The van der Waals surface area contributed by atoms with Crippen molar-refractivity contribution >= 4 is 17.7 Å². The molecule has 2 aliphatic carbocycles. The van der Waals surface area contributed by atoms with Crippen LogP contribution in [0.15, 0.2) is 0 Å². The summed E-state index contributed by atoms with van der Waals surface area (Å²) in [6.45, 7) is 1.96. The fraction of sp³-hybridized carbons (Fsp3) is 0.929. The van der Waals surface area contributed by atoms with E-state index in [0.29, 0.717) is 6.04 Å². The van der Waals surface area contributed by atoms with Gasteiger partial charge in [0, 0.05) is 6.04 Å². The molecule has 2 rings (SSSR count). The van der Waals surface area contributed by atoms with Crippen LogP contribution in [0.4, 0.5) is 0 Å². The Hall–Kier alpha value is -0.220. The summed E-state index contributed by atoms with van der Waals surface area (Å²) in [5.41, 5.74) is 5.04. The van der Waals surface area contributed by atoms with Crippen LogP contribution in [0.3, 0.4) is 0 Å². The number of rotatable bonds is 8. The fourth-order valence-corrected chi connectivity index (χ4v) is 4.03. The molecule has 0 saturated heterocycles. The van der Waals surface area contributed by atoms with Gasteiger partial charge in [-0.2, -0.15) is 11.8 Å². The molecule has 1 atom stereocenters. The van der Waals surface area contributed by atoms with Gasteiger partial charge >= 0.3 is 0 Å². The molecule has 3 N–H and O–H groups in total. The second-order valence-electron chi connectivity index (χ2n) is 6.09. The average molecular weight is 270 g/mol. The third kappa shape index (κ3) is 4.16. The molecule has 0 aromatic carbocycles. The van der Waals surface area contributed by atoms with Crippen LogP contribution in [0, 0.1) is 5.92 Å². The van der Waals surface area contributed by atoms with Crippen LogP contribution in [-0.2, 0) is 4.79 Å². The van der Waals surface area contributed by atoms with Crippen molar-refractivity contribution in [1.29, 1.82) is 0 Å². The van der Waals surface area contributed by atoms with Crippen molar-refractivity contribution in [2.24, 2.45) is 11.7 Å². The van der Waals surface area contributed by atoms with E-state index in [1.54, 1.807) is 0 Å². The third-order valence-corrected chi connectivity index (χ3v) is 5.42. The summed E-state index contributed by atoms with van der Waals surface area (Å²) in [6.07, 6.45) is 8.87. The monoisotopic (exact) mass is 270 g/mol. The zero-order chi connectivity index (χ0) is 13.0. The lowest BCUT2D eigenvalue weighted by Gasteiger charge is -2.27. The minimum atomic E-state index is -0.496. The quantitative estimate of drug-likeness (QED) is 0.665. The van der Waals surface area contributed by atoms with E-state index >= 15 is 0 Å². The molecular weight excluding hydrogens is 244 g/mol. The highest BCUT2D eigenvalue weighted by atomic mass is 32.2. The van der Waals surface area contributed by atoms with Gasteiger partial charge in [0.25, 0.3) is 0 Å². The van der Waals surface area contributed by atoms with E-state index in [0.717, 1.165) is 18.1 Å². The first-order valence-corrected chi connectivity index (χ1v) is 8.41. The summed E-state index contributed by atoms with van der Waals surface area (Å²) in [5, 5.41) is 3.41. The van der Waals surface area contributed by atoms with Crippen molar-refractivity contribution < 1.29 is 4.79 Å². The van der Waals surface area contributed by atoms with Crippen molar-refractivity contribution in [3.8, 4) is 0 Å². The molecule has 0 aromatic rings. The Morgan fingerprint density at radius 2 is 2.00 bits per heavy atom. The van der Waals surface area contributed by atoms with Gasteiger partial charge in [0.2, 0.25) is 5.91 Å². The molecule has 0 heterocycles. The van der Waals surface area contributed by atoms with E-state index in [4.69, 9.17) is 5.73 Å².